The molecule has 2 aliphatic rings. The molecule has 2 saturated heterocycles. The zero-order valence-corrected chi connectivity index (χ0v) is 16.1. The maximum Gasteiger partial charge on any atom is 0.308 e. The number of carbonyl (C=O) groups is 1. The third kappa shape index (κ3) is 4.26. The number of rotatable bonds is 6. The molecular weight excluding hydrogens is 401 g/mol. The van der Waals surface area contributed by atoms with Crippen LogP contribution in [0, 0.1) is 11.7 Å². The number of aliphatic carboxylic acids is 1. The highest BCUT2D eigenvalue weighted by Crippen LogP contribution is 2.37. The van der Waals surface area contributed by atoms with E-state index in [0.29, 0.717) is 24.3 Å². The zero-order chi connectivity index (χ0) is 20.6. The summed E-state index contributed by atoms with van der Waals surface area (Å²) in [5.74, 6) is -1.43. The van der Waals surface area contributed by atoms with Gasteiger partial charge in [0.25, 0.3) is 0 Å². The summed E-state index contributed by atoms with van der Waals surface area (Å²) in [6.45, 7) is 0. The number of carboxylic acid groups (broad SMARTS) is 1. The third-order valence-electron chi connectivity index (χ3n) is 5.28. The van der Waals surface area contributed by atoms with Gasteiger partial charge >= 0.3 is 5.97 Å². The number of sulfonamides is 1. The Kier molecular flexibility index (Phi) is 5.28. The summed E-state index contributed by atoms with van der Waals surface area (Å²) in [7, 11) is -3.94. The van der Waals surface area contributed by atoms with Gasteiger partial charge in [0.15, 0.2) is 0 Å². The smallest absolute Gasteiger partial charge is 0.308 e. The number of benzene rings is 2. The molecule has 2 aliphatic heterocycles. The van der Waals surface area contributed by atoms with Crippen molar-refractivity contribution in [2.75, 3.05) is 0 Å². The lowest BCUT2D eigenvalue weighted by Crippen LogP contribution is -2.53. The Morgan fingerprint density at radius 2 is 1.69 bits per heavy atom. The lowest BCUT2D eigenvalue weighted by molar-refractivity contribution is -0.149. The van der Waals surface area contributed by atoms with Crippen molar-refractivity contribution >= 4 is 16.0 Å². The van der Waals surface area contributed by atoms with E-state index in [1.165, 1.54) is 48.5 Å². The largest absolute Gasteiger partial charge is 0.481 e. The highest BCUT2D eigenvalue weighted by atomic mass is 32.2. The molecule has 0 aliphatic carbocycles. The van der Waals surface area contributed by atoms with Gasteiger partial charge in [0, 0.05) is 0 Å². The summed E-state index contributed by atoms with van der Waals surface area (Å²) < 4.78 is 52.4. The molecule has 0 aromatic heterocycles. The average Bonchev–Trinajstić information content (AvgIpc) is 3.09. The van der Waals surface area contributed by atoms with Gasteiger partial charge in [-0.15, -0.1) is 0 Å². The molecule has 0 radical (unpaired) electrons. The molecule has 4 unspecified atom stereocenters. The van der Waals surface area contributed by atoms with Gasteiger partial charge in [-0.25, -0.2) is 17.5 Å². The molecule has 0 amide bonds. The topological polar surface area (TPSA) is 102 Å². The van der Waals surface area contributed by atoms with Crippen LogP contribution in [0.2, 0.25) is 0 Å². The van der Waals surface area contributed by atoms with Crippen molar-refractivity contribution in [2.45, 2.75) is 42.4 Å². The van der Waals surface area contributed by atoms with Crippen molar-refractivity contribution in [3.63, 3.8) is 0 Å². The van der Waals surface area contributed by atoms with Gasteiger partial charge in [-0.3, -0.25) is 4.79 Å². The Morgan fingerprint density at radius 3 is 2.31 bits per heavy atom. The first-order chi connectivity index (χ1) is 13.8. The van der Waals surface area contributed by atoms with Gasteiger partial charge < -0.3 is 14.6 Å². The van der Waals surface area contributed by atoms with Gasteiger partial charge in [-0.05, 0) is 67.8 Å². The molecule has 0 spiro atoms. The van der Waals surface area contributed by atoms with Gasteiger partial charge in [0.05, 0.1) is 29.1 Å². The fourth-order valence-corrected chi connectivity index (χ4v) is 5.15. The van der Waals surface area contributed by atoms with E-state index in [4.69, 9.17) is 9.47 Å². The average molecular weight is 421 g/mol. The second-order valence-corrected chi connectivity index (χ2v) is 8.94. The number of halogens is 1. The van der Waals surface area contributed by atoms with Crippen LogP contribution in [-0.2, 0) is 19.6 Å². The molecule has 2 aromatic rings. The van der Waals surface area contributed by atoms with E-state index in [-0.39, 0.29) is 16.8 Å². The minimum atomic E-state index is -3.94. The van der Waals surface area contributed by atoms with E-state index in [2.05, 4.69) is 4.72 Å². The molecule has 2 fully saturated rings. The van der Waals surface area contributed by atoms with Gasteiger partial charge in [0.2, 0.25) is 10.0 Å². The van der Waals surface area contributed by atoms with Crippen LogP contribution in [-0.4, -0.2) is 37.7 Å². The van der Waals surface area contributed by atoms with E-state index >= 15 is 0 Å². The van der Waals surface area contributed by atoms with E-state index in [0.717, 1.165) is 6.42 Å². The van der Waals surface area contributed by atoms with Crippen LogP contribution in [0.1, 0.15) is 19.3 Å². The van der Waals surface area contributed by atoms with Crippen LogP contribution < -0.4 is 9.46 Å². The van der Waals surface area contributed by atoms with Crippen LogP contribution in [0.25, 0.3) is 0 Å². The molecule has 0 saturated carbocycles. The first-order valence-corrected chi connectivity index (χ1v) is 10.7. The van der Waals surface area contributed by atoms with Crippen LogP contribution >= 0.6 is 0 Å². The molecule has 4 atom stereocenters. The predicted octanol–water partition coefficient (Wildman–Crippen LogP) is 2.92. The highest BCUT2D eigenvalue weighted by Gasteiger charge is 2.47. The molecular formula is C20H20FNO6S. The van der Waals surface area contributed by atoms with Crippen molar-refractivity contribution in [2.24, 2.45) is 5.92 Å². The van der Waals surface area contributed by atoms with E-state index < -0.39 is 34.1 Å². The maximum atomic E-state index is 13.0. The number of hydrogen-bond donors (Lipinski definition) is 2. The second-order valence-electron chi connectivity index (χ2n) is 7.23. The van der Waals surface area contributed by atoms with Crippen LogP contribution in [0.15, 0.2) is 53.4 Å². The number of ether oxygens (including phenoxy) is 2. The molecule has 2 N–H and O–H groups in total. The summed E-state index contributed by atoms with van der Waals surface area (Å²) in [5, 5.41) is 9.50. The first-order valence-electron chi connectivity index (χ1n) is 9.26. The molecule has 29 heavy (non-hydrogen) atoms. The van der Waals surface area contributed by atoms with Crippen LogP contribution in [0.3, 0.4) is 0 Å². The maximum absolute atomic E-state index is 13.0. The van der Waals surface area contributed by atoms with Crippen LogP contribution in [0.4, 0.5) is 4.39 Å². The van der Waals surface area contributed by atoms with Gasteiger partial charge in [-0.1, -0.05) is 0 Å². The normalized spacial score (nSPS) is 26.2. The number of fused-ring (bicyclic) bond motifs is 2. The Labute approximate surface area is 167 Å². The van der Waals surface area contributed by atoms with Crippen molar-refractivity contribution in [3.05, 3.63) is 54.3 Å². The molecule has 7 nitrogen and oxygen atoms in total. The lowest BCUT2D eigenvalue weighted by Gasteiger charge is -2.34. The fraction of sp³-hybridized carbons (Fsp3) is 0.350. The second kappa shape index (κ2) is 7.74. The fourth-order valence-electron chi connectivity index (χ4n) is 3.85. The summed E-state index contributed by atoms with van der Waals surface area (Å²) in [5.41, 5.74) is 0. The van der Waals surface area contributed by atoms with Crippen LogP contribution in [0.5, 0.6) is 11.5 Å². The standard InChI is InChI=1S/C20H20FNO6S/c21-12-1-3-13(4-2-12)27-14-5-8-16(9-6-14)29(25,26)22-19-17(20(23)24)11-15-7-10-18(19)28-15/h1-6,8-9,15,17-19,22H,7,10-11H2,(H,23,24). The summed E-state index contributed by atoms with van der Waals surface area (Å²) in [6, 6.07) is 10.3. The lowest BCUT2D eigenvalue weighted by atomic mass is 9.91. The Balaban J connectivity index is 1.49. The van der Waals surface area contributed by atoms with E-state index in [9.17, 15) is 22.7 Å². The zero-order valence-electron chi connectivity index (χ0n) is 15.3. The minimum Gasteiger partial charge on any atom is -0.481 e. The summed E-state index contributed by atoms with van der Waals surface area (Å²) in [6.07, 6.45) is 1.10. The van der Waals surface area contributed by atoms with Crippen molar-refractivity contribution in [3.8, 4) is 11.5 Å². The SMILES string of the molecule is O=C(O)C1CC2CCC(O2)C1NS(=O)(=O)c1ccc(Oc2ccc(F)cc2)cc1. The number of hydrogen-bond acceptors (Lipinski definition) is 5. The Morgan fingerprint density at radius 1 is 1.07 bits per heavy atom. The molecule has 154 valence electrons. The number of nitrogens with one attached hydrogen (secondary N) is 1. The molecule has 2 heterocycles. The molecule has 2 bridgehead atoms. The third-order valence-corrected chi connectivity index (χ3v) is 6.76. The van der Waals surface area contributed by atoms with Crippen molar-refractivity contribution in [1.29, 1.82) is 0 Å². The van der Waals surface area contributed by atoms with Crippen molar-refractivity contribution in [1.82, 2.24) is 4.72 Å². The first kappa shape index (κ1) is 19.8. The highest BCUT2D eigenvalue weighted by molar-refractivity contribution is 7.89. The summed E-state index contributed by atoms with van der Waals surface area (Å²) in [4.78, 5) is 11.6. The van der Waals surface area contributed by atoms with E-state index in [1.54, 1.807) is 0 Å². The number of carboxylic acids is 1. The Bertz CT molecular complexity index is 993. The molecule has 2 aromatic carbocycles. The monoisotopic (exact) mass is 421 g/mol. The molecule has 4 rings (SSSR count). The summed E-state index contributed by atoms with van der Waals surface area (Å²) >= 11 is 0. The van der Waals surface area contributed by atoms with E-state index in [1.807, 2.05) is 0 Å². The Hall–Kier alpha value is -2.49. The minimum absolute atomic E-state index is 0.00628. The van der Waals surface area contributed by atoms with Gasteiger partial charge in [0.1, 0.15) is 17.3 Å². The van der Waals surface area contributed by atoms with Gasteiger partial charge in [-0.2, -0.15) is 0 Å². The quantitative estimate of drug-likeness (QED) is 0.744. The molecule has 9 heteroatoms. The predicted molar refractivity (Wildman–Crippen MR) is 101 cm³/mol. The van der Waals surface area contributed by atoms with Crippen molar-refractivity contribution < 1.29 is 32.2 Å².